The summed E-state index contributed by atoms with van der Waals surface area (Å²) in [4.78, 5) is 0. The van der Waals surface area contributed by atoms with Gasteiger partial charge in [0.2, 0.25) is 0 Å². The van der Waals surface area contributed by atoms with E-state index in [9.17, 15) is 4.39 Å². The van der Waals surface area contributed by atoms with Crippen molar-refractivity contribution in [3.05, 3.63) is 0 Å². The van der Waals surface area contributed by atoms with E-state index in [1.165, 1.54) is 0 Å². The molecule has 0 aromatic rings. The average Bonchev–Trinajstić information content (AvgIpc) is 1.56. The smallest absolute Gasteiger partial charge is 0.159 e. The molecule has 1 saturated carbocycles. The van der Waals surface area contributed by atoms with Crippen molar-refractivity contribution >= 4 is 0 Å². The van der Waals surface area contributed by atoms with Crippen LogP contribution in [0.1, 0.15) is 39.5 Å². The fourth-order valence-corrected chi connectivity index (χ4v) is 1.83. The van der Waals surface area contributed by atoms with Crippen LogP contribution in [0.25, 0.3) is 0 Å². The summed E-state index contributed by atoms with van der Waals surface area (Å²) in [5.74, 6) is -1.39. The van der Waals surface area contributed by atoms with E-state index in [0.29, 0.717) is 12.8 Å². The van der Waals surface area contributed by atoms with E-state index in [2.05, 4.69) is 13.8 Å². The van der Waals surface area contributed by atoms with Crippen molar-refractivity contribution in [2.24, 2.45) is 11.1 Å². The van der Waals surface area contributed by atoms with E-state index in [4.69, 9.17) is 5.73 Å². The fraction of sp³-hybridized carbons (Fsp3) is 1.00. The van der Waals surface area contributed by atoms with Gasteiger partial charge in [-0.15, -0.1) is 0 Å². The van der Waals surface area contributed by atoms with Crippen LogP contribution in [0.2, 0.25) is 0 Å². The number of hydrogen-bond donors (Lipinski definition) is 1. The first-order chi connectivity index (χ1) is 4.41. The largest absolute Gasteiger partial charge is 0.299 e. The van der Waals surface area contributed by atoms with Gasteiger partial charge in [-0.25, -0.2) is 4.39 Å². The van der Waals surface area contributed by atoms with Gasteiger partial charge >= 0.3 is 0 Å². The SMILES string of the molecule is CC1(C)CCC[C@@](N)(F)C1. The molecule has 10 heavy (non-hydrogen) atoms. The first-order valence-corrected chi connectivity index (χ1v) is 3.89. The zero-order valence-corrected chi connectivity index (χ0v) is 6.78. The number of alkyl halides is 1. The van der Waals surface area contributed by atoms with Crippen LogP contribution < -0.4 is 5.73 Å². The Balaban J connectivity index is 2.56. The van der Waals surface area contributed by atoms with E-state index in [0.717, 1.165) is 12.8 Å². The summed E-state index contributed by atoms with van der Waals surface area (Å²) in [6.07, 6.45) is 3.09. The quantitative estimate of drug-likeness (QED) is 0.520. The Hall–Kier alpha value is -0.110. The Labute approximate surface area is 61.8 Å². The number of nitrogens with two attached hydrogens (primary N) is 1. The highest BCUT2D eigenvalue weighted by Gasteiger charge is 2.36. The second-order valence-electron chi connectivity index (χ2n) is 4.23. The summed E-state index contributed by atoms with van der Waals surface area (Å²) in [6, 6.07) is 0. The first kappa shape index (κ1) is 7.99. The summed E-state index contributed by atoms with van der Waals surface area (Å²) in [5, 5.41) is 0. The number of halogens is 1. The molecule has 1 nitrogen and oxygen atoms in total. The standard InChI is InChI=1S/C8H16FN/c1-7(2)4-3-5-8(9,10)6-7/h3-6,10H2,1-2H3/t8-/m0/s1. The molecule has 1 aliphatic rings. The van der Waals surface area contributed by atoms with Gasteiger partial charge in [-0.1, -0.05) is 13.8 Å². The van der Waals surface area contributed by atoms with Crippen molar-refractivity contribution in [3.63, 3.8) is 0 Å². The Morgan fingerprint density at radius 1 is 1.30 bits per heavy atom. The molecular formula is C8H16FN. The summed E-state index contributed by atoms with van der Waals surface area (Å²) in [6.45, 7) is 4.15. The topological polar surface area (TPSA) is 26.0 Å². The van der Waals surface area contributed by atoms with Crippen molar-refractivity contribution in [1.29, 1.82) is 0 Å². The van der Waals surface area contributed by atoms with Gasteiger partial charge in [0, 0.05) is 0 Å². The predicted octanol–water partition coefficient (Wildman–Crippen LogP) is 2.21. The minimum Gasteiger partial charge on any atom is -0.299 e. The van der Waals surface area contributed by atoms with Crippen LogP contribution in [0, 0.1) is 5.41 Å². The highest BCUT2D eigenvalue weighted by Crippen LogP contribution is 2.40. The van der Waals surface area contributed by atoms with Crippen molar-refractivity contribution in [2.45, 2.75) is 45.3 Å². The molecule has 0 aromatic carbocycles. The van der Waals surface area contributed by atoms with Gasteiger partial charge < -0.3 is 0 Å². The lowest BCUT2D eigenvalue weighted by Gasteiger charge is -2.37. The van der Waals surface area contributed by atoms with Gasteiger partial charge in [0.05, 0.1) is 0 Å². The van der Waals surface area contributed by atoms with Crippen LogP contribution >= 0.6 is 0 Å². The molecule has 1 atom stereocenters. The third-order valence-electron chi connectivity index (χ3n) is 2.22. The first-order valence-electron chi connectivity index (χ1n) is 3.89. The lowest BCUT2D eigenvalue weighted by Crippen LogP contribution is -2.42. The lowest BCUT2D eigenvalue weighted by atomic mass is 9.74. The molecule has 2 heteroatoms. The molecule has 0 saturated heterocycles. The molecule has 0 bridgehead atoms. The van der Waals surface area contributed by atoms with Gasteiger partial charge in [-0.2, -0.15) is 0 Å². The van der Waals surface area contributed by atoms with Crippen molar-refractivity contribution in [2.75, 3.05) is 0 Å². The maximum atomic E-state index is 13.1. The van der Waals surface area contributed by atoms with Crippen LogP contribution in [0.3, 0.4) is 0 Å². The monoisotopic (exact) mass is 145 g/mol. The summed E-state index contributed by atoms with van der Waals surface area (Å²) in [5.41, 5.74) is 5.50. The second kappa shape index (κ2) is 2.19. The second-order valence-corrected chi connectivity index (χ2v) is 4.23. The molecule has 60 valence electrons. The zero-order chi connectivity index (χ0) is 7.83. The molecule has 1 fully saturated rings. The highest BCUT2D eigenvalue weighted by atomic mass is 19.1. The summed E-state index contributed by atoms with van der Waals surface area (Å²) >= 11 is 0. The molecule has 2 N–H and O–H groups in total. The Morgan fingerprint density at radius 3 is 2.20 bits per heavy atom. The molecular weight excluding hydrogens is 129 g/mol. The molecule has 1 aliphatic carbocycles. The molecule has 0 heterocycles. The number of rotatable bonds is 0. The fourth-order valence-electron chi connectivity index (χ4n) is 1.83. The molecule has 1 rings (SSSR count). The average molecular weight is 145 g/mol. The van der Waals surface area contributed by atoms with Crippen molar-refractivity contribution in [3.8, 4) is 0 Å². The summed E-state index contributed by atoms with van der Waals surface area (Å²) in [7, 11) is 0. The zero-order valence-electron chi connectivity index (χ0n) is 6.78. The van der Waals surface area contributed by atoms with E-state index in [1.807, 2.05) is 0 Å². The van der Waals surface area contributed by atoms with Crippen LogP contribution in [0.15, 0.2) is 0 Å². The minimum absolute atomic E-state index is 0.113. The van der Waals surface area contributed by atoms with E-state index < -0.39 is 5.79 Å². The van der Waals surface area contributed by atoms with Gasteiger partial charge in [0.15, 0.2) is 5.79 Å². The maximum absolute atomic E-state index is 13.1. The van der Waals surface area contributed by atoms with E-state index in [-0.39, 0.29) is 5.41 Å². The molecule has 0 aliphatic heterocycles. The lowest BCUT2D eigenvalue weighted by molar-refractivity contribution is 0.0443. The van der Waals surface area contributed by atoms with Crippen LogP contribution in [0.4, 0.5) is 4.39 Å². The minimum atomic E-state index is -1.39. The van der Waals surface area contributed by atoms with Gasteiger partial charge in [-0.05, 0) is 31.1 Å². The summed E-state index contributed by atoms with van der Waals surface area (Å²) < 4.78 is 13.1. The predicted molar refractivity (Wildman–Crippen MR) is 40.3 cm³/mol. The van der Waals surface area contributed by atoms with Crippen LogP contribution in [0.5, 0.6) is 0 Å². The maximum Gasteiger partial charge on any atom is 0.159 e. The van der Waals surface area contributed by atoms with Crippen molar-refractivity contribution < 1.29 is 4.39 Å². The van der Waals surface area contributed by atoms with Crippen LogP contribution in [-0.4, -0.2) is 5.79 Å². The van der Waals surface area contributed by atoms with Gasteiger partial charge in [0.1, 0.15) is 0 Å². The molecule has 0 spiro atoms. The third-order valence-corrected chi connectivity index (χ3v) is 2.22. The molecule has 0 radical (unpaired) electrons. The highest BCUT2D eigenvalue weighted by molar-refractivity contribution is 4.86. The third kappa shape index (κ3) is 1.94. The van der Waals surface area contributed by atoms with Gasteiger partial charge in [-0.3, -0.25) is 5.73 Å². The Bertz CT molecular complexity index is 115. The Morgan fingerprint density at radius 2 is 1.90 bits per heavy atom. The Kier molecular flexibility index (Phi) is 1.75. The normalized spacial score (nSPS) is 39.6. The molecule has 0 amide bonds. The van der Waals surface area contributed by atoms with Crippen LogP contribution in [-0.2, 0) is 0 Å². The molecule has 0 unspecified atom stereocenters. The molecule has 0 aromatic heterocycles. The van der Waals surface area contributed by atoms with Crippen molar-refractivity contribution in [1.82, 2.24) is 0 Å². The van der Waals surface area contributed by atoms with E-state index >= 15 is 0 Å². The van der Waals surface area contributed by atoms with Gasteiger partial charge in [0.25, 0.3) is 0 Å². The number of hydrogen-bond acceptors (Lipinski definition) is 1. The van der Waals surface area contributed by atoms with E-state index in [1.54, 1.807) is 0 Å².